The number of Topliss-reactive ketones (excluding diaryl/α,β-unsaturated/α-hetero) is 1. The monoisotopic (exact) mass is 236 g/mol. The molecule has 1 aromatic rings. The van der Waals surface area contributed by atoms with E-state index in [9.17, 15) is 4.79 Å². The number of ketones is 1. The molecule has 0 spiro atoms. The molecule has 0 amide bonds. The molecule has 0 saturated carbocycles. The fraction of sp³-hybridized carbons (Fsp3) is 0.583. The molecular formula is C12H20N4O. The van der Waals surface area contributed by atoms with Gasteiger partial charge in [-0.05, 0) is 19.3 Å². The number of carbonyl (C=O) groups excluding carboxylic acids is 1. The maximum Gasteiger partial charge on any atom is 0.184 e. The maximum absolute atomic E-state index is 11.7. The van der Waals surface area contributed by atoms with Crippen LogP contribution in [0.5, 0.6) is 0 Å². The average molecular weight is 236 g/mol. The van der Waals surface area contributed by atoms with Crippen molar-refractivity contribution in [3.63, 3.8) is 0 Å². The zero-order chi connectivity index (χ0) is 12.5. The summed E-state index contributed by atoms with van der Waals surface area (Å²) in [5, 5.41) is 7.68. The Bertz CT molecular complexity index is 359. The zero-order valence-corrected chi connectivity index (χ0v) is 10.1. The molecule has 0 fully saturated rings. The van der Waals surface area contributed by atoms with Gasteiger partial charge < -0.3 is 5.73 Å². The van der Waals surface area contributed by atoms with Crippen molar-refractivity contribution in [2.45, 2.75) is 38.6 Å². The van der Waals surface area contributed by atoms with Crippen molar-refractivity contribution in [3.05, 3.63) is 24.5 Å². The molecule has 0 saturated heterocycles. The summed E-state index contributed by atoms with van der Waals surface area (Å²) in [4.78, 5) is 11.7. The van der Waals surface area contributed by atoms with Crippen LogP contribution >= 0.6 is 0 Å². The molecule has 2 N–H and O–H groups in total. The molecule has 0 aromatic carbocycles. The number of carbonyl (C=O) groups is 1. The van der Waals surface area contributed by atoms with E-state index in [-0.39, 0.29) is 5.78 Å². The van der Waals surface area contributed by atoms with Gasteiger partial charge in [0, 0.05) is 13.0 Å². The van der Waals surface area contributed by atoms with Crippen LogP contribution in [0.3, 0.4) is 0 Å². The predicted molar refractivity (Wildman–Crippen MR) is 66.7 cm³/mol. The number of hydrogen-bond donors (Lipinski definition) is 1. The van der Waals surface area contributed by atoms with Crippen molar-refractivity contribution in [1.29, 1.82) is 0 Å². The molecule has 0 unspecified atom stereocenters. The molecule has 0 aliphatic rings. The summed E-state index contributed by atoms with van der Waals surface area (Å²) < 4.78 is 1.60. The SMILES string of the molecule is C=CCCCCCC(=O)c1cn(CCN)nn1. The molecule has 1 rings (SSSR count). The third-order valence-electron chi connectivity index (χ3n) is 2.49. The lowest BCUT2D eigenvalue weighted by Crippen LogP contribution is -2.10. The topological polar surface area (TPSA) is 73.8 Å². The highest BCUT2D eigenvalue weighted by Gasteiger charge is 2.09. The minimum atomic E-state index is 0.0619. The molecule has 0 bridgehead atoms. The molecule has 5 nitrogen and oxygen atoms in total. The first-order valence-corrected chi connectivity index (χ1v) is 6.02. The number of allylic oxidation sites excluding steroid dienone is 1. The minimum Gasteiger partial charge on any atom is -0.329 e. The highest BCUT2D eigenvalue weighted by atomic mass is 16.1. The quantitative estimate of drug-likeness (QED) is 0.401. The van der Waals surface area contributed by atoms with Crippen LogP contribution in [0.1, 0.15) is 42.6 Å². The highest BCUT2D eigenvalue weighted by molar-refractivity contribution is 5.93. The molecule has 5 heteroatoms. The van der Waals surface area contributed by atoms with Gasteiger partial charge in [0.1, 0.15) is 5.69 Å². The van der Waals surface area contributed by atoms with Crippen LogP contribution < -0.4 is 5.73 Å². The van der Waals surface area contributed by atoms with Gasteiger partial charge in [-0.2, -0.15) is 0 Å². The van der Waals surface area contributed by atoms with Gasteiger partial charge in [0.2, 0.25) is 0 Å². The Morgan fingerprint density at radius 3 is 3.00 bits per heavy atom. The first-order valence-electron chi connectivity index (χ1n) is 6.02. The van der Waals surface area contributed by atoms with E-state index < -0.39 is 0 Å². The summed E-state index contributed by atoms with van der Waals surface area (Å²) in [5.41, 5.74) is 5.84. The molecule has 0 aliphatic carbocycles. The van der Waals surface area contributed by atoms with Crippen LogP contribution in [-0.4, -0.2) is 27.3 Å². The van der Waals surface area contributed by atoms with Crippen molar-refractivity contribution < 1.29 is 4.79 Å². The standard InChI is InChI=1S/C12H20N4O/c1-2-3-4-5-6-7-12(17)11-10-16(9-8-13)15-14-11/h2,10H,1,3-9,13H2. The third kappa shape index (κ3) is 4.91. The molecule has 94 valence electrons. The second kappa shape index (κ2) is 7.73. The average Bonchev–Trinajstić information content (AvgIpc) is 2.78. The molecule has 0 atom stereocenters. The van der Waals surface area contributed by atoms with Gasteiger partial charge in [-0.1, -0.05) is 17.7 Å². The van der Waals surface area contributed by atoms with Crippen molar-refractivity contribution in [2.24, 2.45) is 5.73 Å². The first kappa shape index (κ1) is 13.6. The number of nitrogens with zero attached hydrogens (tertiary/aromatic N) is 3. The number of unbranched alkanes of at least 4 members (excludes halogenated alkanes) is 3. The maximum atomic E-state index is 11.7. The Hall–Kier alpha value is -1.49. The van der Waals surface area contributed by atoms with Crippen LogP contribution in [0, 0.1) is 0 Å². The number of hydrogen-bond acceptors (Lipinski definition) is 4. The summed E-state index contributed by atoms with van der Waals surface area (Å²) in [6.45, 7) is 4.76. The molecule has 0 radical (unpaired) electrons. The fourth-order valence-corrected chi connectivity index (χ4v) is 1.55. The normalized spacial score (nSPS) is 10.4. The Morgan fingerprint density at radius 1 is 1.47 bits per heavy atom. The van der Waals surface area contributed by atoms with E-state index in [1.807, 2.05) is 6.08 Å². The van der Waals surface area contributed by atoms with E-state index in [1.54, 1.807) is 10.9 Å². The van der Waals surface area contributed by atoms with E-state index in [2.05, 4.69) is 16.9 Å². The van der Waals surface area contributed by atoms with Crippen LogP contribution in [0.15, 0.2) is 18.9 Å². The predicted octanol–water partition coefficient (Wildman–Crippen LogP) is 1.56. The van der Waals surface area contributed by atoms with Gasteiger partial charge in [-0.3, -0.25) is 9.48 Å². The Kier molecular flexibility index (Phi) is 6.17. The summed E-state index contributed by atoms with van der Waals surface area (Å²) in [7, 11) is 0. The fourth-order valence-electron chi connectivity index (χ4n) is 1.55. The van der Waals surface area contributed by atoms with Gasteiger partial charge in [0.15, 0.2) is 5.78 Å². The molecule has 1 heterocycles. The first-order chi connectivity index (χ1) is 8.27. The van der Waals surface area contributed by atoms with Crippen molar-refractivity contribution in [2.75, 3.05) is 6.54 Å². The summed E-state index contributed by atoms with van der Waals surface area (Å²) in [6.07, 6.45) is 8.17. The lowest BCUT2D eigenvalue weighted by atomic mass is 10.1. The minimum absolute atomic E-state index is 0.0619. The van der Waals surface area contributed by atoms with E-state index in [1.165, 1.54) is 0 Å². The van der Waals surface area contributed by atoms with Gasteiger partial charge in [0.25, 0.3) is 0 Å². The van der Waals surface area contributed by atoms with Gasteiger partial charge in [0.05, 0.1) is 12.7 Å². The summed E-state index contributed by atoms with van der Waals surface area (Å²) in [6, 6.07) is 0. The largest absolute Gasteiger partial charge is 0.329 e. The van der Waals surface area contributed by atoms with Crippen LogP contribution in [0.25, 0.3) is 0 Å². The number of nitrogens with two attached hydrogens (primary N) is 1. The lowest BCUT2D eigenvalue weighted by molar-refractivity contribution is 0.0974. The van der Waals surface area contributed by atoms with E-state index >= 15 is 0 Å². The Morgan fingerprint density at radius 2 is 2.29 bits per heavy atom. The smallest absolute Gasteiger partial charge is 0.184 e. The molecule has 0 aliphatic heterocycles. The molecular weight excluding hydrogens is 216 g/mol. The lowest BCUT2D eigenvalue weighted by Gasteiger charge is -1.97. The number of rotatable bonds is 9. The van der Waals surface area contributed by atoms with Crippen LogP contribution in [0.2, 0.25) is 0 Å². The third-order valence-corrected chi connectivity index (χ3v) is 2.49. The Balaban J connectivity index is 2.28. The van der Waals surface area contributed by atoms with Crippen molar-refractivity contribution in [3.8, 4) is 0 Å². The van der Waals surface area contributed by atoms with Gasteiger partial charge >= 0.3 is 0 Å². The highest BCUT2D eigenvalue weighted by Crippen LogP contribution is 2.07. The van der Waals surface area contributed by atoms with Crippen molar-refractivity contribution >= 4 is 5.78 Å². The van der Waals surface area contributed by atoms with E-state index in [0.717, 1.165) is 25.7 Å². The second-order valence-corrected chi connectivity index (χ2v) is 3.97. The second-order valence-electron chi connectivity index (χ2n) is 3.97. The van der Waals surface area contributed by atoms with Gasteiger partial charge in [-0.25, -0.2) is 0 Å². The van der Waals surface area contributed by atoms with E-state index in [0.29, 0.717) is 25.2 Å². The molecule has 1 aromatic heterocycles. The number of aromatic nitrogens is 3. The van der Waals surface area contributed by atoms with Crippen LogP contribution in [0.4, 0.5) is 0 Å². The Labute approximate surface area is 102 Å². The van der Waals surface area contributed by atoms with Gasteiger partial charge in [-0.15, -0.1) is 11.7 Å². The summed E-state index contributed by atoms with van der Waals surface area (Å²) >= 11 is 0. The van der Waals surface area contributed by atoms with E-state index in [4.69, 9.17) is 5.73 Å². The van der Waals surface area contributed by atoms with Crippen molar-refractivity contribution in [1.82, 2.24) is 15.0 Å². The summed E-state index contributed by atoms with van der Waals surface area (Å²) in [5.74, 6) is 0.0619. The molecule has 17 heavy (non-hydrogen) atoms. The zero-order valence-electron chi connectivity index (χ0n) is 10.1. The van der Waals surface area contributed by atoms with Crippen LogP contribution in [-0.2, 0) is 6.54 Å².